The molecule has 0 atom stereocenters. The van der Waals surface area contributed by atoms with Crippen LogP contribution in [-0.4, -0.2) is 25.8 Å². The molecule has 3 rings (SSSR count). The molecule has 0 saturated heterocycles. The second kappa shape index (κ2) is 6.88. The molecule has 2 heterocycles. The predicted molar refractivity (Wildman–Crippen MR) is 97.9 cm³/mol. The van der Waals surface area contributed by atoms with Gasteiger partial charge in [0, 0.05) is 7.05 Å². The van der Waals surface area contributed by atoms with Crippen molar-refractivity contribution in [3.05, 3.63) is 29.6 Å². The minimum absolute atomic E-state index is 0.117. The van der Waals surface area contributed by atoms with Crippen molar-refractivity contribution in [2.45, 2.75) is 22.0 Å². The van der Waals surface area contributed by atoms with Crippen molar-refractivity contribution in [3.8, 4) is 0 Å². The van der Waals surface area contributed by atoms with Gasteiger partial charge in [0.05, 0.1) is 28.0 Å². The molecule has 0 amide bonds. The van der Waals surface area contributed by atoms with E-state index in [1.165, 1.54) is 29.6 Å². The molecule has 0 spiro atoms. The fourth-order valence-electron chi connectivity index (χ4n) is 2.39. The third kappa shape index (κ3) is 3.54. The van der Waals surface area contributed by atoms with Crippen LogP contribution in [0.2, 0.25) is 0 Å². The fraction of sp³-hybridized carbons (Fsp3) is 0.267. The Morgan fingerprint density at radius 3 is 2.46 bits per heavy atom. The molecule has 0 radical (unpaired) electrons. The van der Waals surface area contributed by atoms with E-state index in [4.69, 9.17) is 11.5 Å². The highest BCUT2D eigenvalue weighted by molar-refractivity contribution is 7.99. The highest BCUT2D eigenvalue weighted by Gasteiger charge is 2.31. The van der Waals surface area contributed by atoms with Crippen LogP contribution in [0.3, 0.4) is 0 Å². The van der Waals surface area contributed by atoms with Crippen LogP contribution in [0.25, 0.3) is 11.0 Å². The number of imidazole rings is 1. The summed E-state index contributed by atoms with van der Waals surface area (Å²) in [7, 11) is 1.68. The van der Waals surface area contributed by atoms with Crippen LogP contribution in [-0.2, 0) is 19.0 Å². The average Bonchev–Trinajstić information content (AvgIpc) is 2.90. The second-order valence-electron chi connectivity index (χ2n) is 5.39. The van der Waals surface area contributed by atoms with E-state index in [2.05, 4.69) is 15.0 Å². The number of benzene rings is 1. The number of aryl methyl sites for hydroxylation is 1. The number of hydrogen-bond acceptors (Lipinski definition) is 7. The van der Waals surface area contributed by atoms with Gasteiger partial charge in [-0.05, 0) is 24.5 Å². The van der Waals surface area contributed by atoms with E-state index < -0.39 is 11.7 Å². The first-order chi connectivity index (χ1) is 12.2. The lowest BCUT2D eigenvalue weighted by Crippen LogP contribution is -2.05. The molecule has 0 aliphatic rings. The summed E-state index contributed by atoms with van der Waals surface area (Å²) in [5.41, 5.74) is 12.4. The maximum absolute atomic E-state index is 12.9. The average molecular weight is 400 g/mol. The smallest absolute Gasteiger partial charge is 0.394 e. The van der Waals surface area contributed by atoms with Gasteiger partial charge in [0.15, 0.2) is 0 Å². The Bertz CT molecular complexity index is 970. The lowest BCUT2D eigenvalue weighted by atomic mass is 10.2. The third-order valence-corrected chi connectivity index (χ3v) is 5.41. The molecule has 1 aromatic carbocycles. The van der Waals surface area contributed by atoms with Gasteiger partial charge in [0.25, 0.3) is 0 Å². The number of alkyl halides is 3. The maximum Gasteiger partial charge on any atom is 0.416 e. The van der Waals surface area contributed by atoms with Crippen LogP contribution in [0.5, 0.6) is 0 Å². The molecule has 0 aliphatic carbocycles. The van der Waals surface area contributed by atoms with Crippen molar-refractivity contribution in [3.63, 3.8) is 0 Å². The lowest BCUT2D eigenvalue weighted by Gasteiger charge is -2.09. The minimum Gasteiger partial charge on any atom is -0.394 e. The number of thioether (sulfide) groups is 2. The van der Waals surface area contributed by atoms with Gasteiger partial charge in [-0.3, -0.25) is 0 Å². The van der Waals surface area contributed by atoms with Gasteiger partial charge in [0.1, 0.15) is 15.9 Å². The van der Waals surface area contributed by atoms with Crippen LogP contribution in [0.15, 0.2) is 28.3 Å². The van der Waals surface area contributed by atoms with Crippen LogP contribution in [0.4, 0.5) is 24.8 Å². The van der Waals surface area contributed by atoms with Crippen LogP contribution >= 0.6 is 23.5 Å². The summed E-state index contributed by atoms with van der Waals surface area (Å²) >= 11 is 2.67. The van der Waals surface area contributed by atoms with E-state index in [1.807, 2.05) is 6.26 Å². The Morgan fingerprint density at radius 2 is 1.81 bits per heavy atom. The summed E-state index contributed by atoms with van der Waals surface area (Å²) in [4.78, 5) is 12.6. The first kappa shape index (κ1) is 18.6. The van der Waals surface area contributed by atoms with Gasteiger partial charge >= 0.3 is 6.18 Å². The largest absolute Gasteiger partial charge is 0.416 e. The minimum atomic E-state index is -4.39. The number of rotatable bonds is 4. The summed E-state index contributed by atoms with van der Waals surface area (Å²) in [6.45, 7) is 0. The maximum atomic E-state index is 12.9. The molecule has 0 saturated carbocycles. The quantitative estimate of drug-likeness (QED) is 0.511. The molecular formula is C15H15F3N6S2. The molecule has 3 aromatic rings. The molecule has 0 unspecified atom stereocenters. The van der Waals surface area contributed by atoms with Crippen molar-refractivity contribution in [2.75, 3.05) is 17.7 Å². The van der Waals surface area contributed by atoms with Gasteiger partial charge in [-0.25, -0.2) is 15.0 Å². The number of halogens is 3. The number of aromatic nitrogens is 4. The summed E-state index contributed by atoms with van der Waals surface area (Å²) < 4.78 is 40.3. The molecule has 11 heteroatoms. The molecular weight excluding hydrogens is 385 g/mol. The van der Waals surface area contributed by atoms with Gasteiger partial charge in [-0.15, -0.1) is 11.8 Å². The fourth-order valence-corrected chi connectivity index (χ4v) is 3.89. The first-order valence-corrected chi connectivity index (χ1v) is 9.54. The standard InChI is InChI=1S/C15H15F3N6S2/c1-24-9-5-7(15(16,17)18)3-4-8(9)21-10(24)6-26-13-11(19)12(25-2)22-14(20)23-13/h3-5H,6,19H2,1-2H3,(H2,20,22,23). The van der Waals surface area contributed by atoms with E-state index in [9.17, 15) is 13.2 Å². The summed E-state index contributed by atoms with van der Waals surface area (Å²) in [5.74, 6) is 1.10. The molecule has 0 bridgehead atoms. The summed E-state index contributed by atoms with van der Waals surface area (Å²) in [5, 5.41) is 1.10. The zero-order valence-electron chi connectivity index (χ0n) is 13.8. The second-order valence-corrected chi connectivity index (χ2v) is 7.15. The Morgan fingerprint density at radius 1 is 1.12 bits per heavy atom. The van der Waals surface area contributed by atoms with Crippen molar-refractivity contribution in [2.24, 2.45) is 7.05 Å². The van der Waals surface area contributed by atoms with E-state index in [0.29, 0.717) is 38.3 Å². The molecule has 6 nitrogen and oxygen atoms in total. The molecule has 26 heavy (non-hydrogen) atoms. The van der Waals surface area contributed by atoms with E-state index in [1.54, 1.807) is 11.6 Å². The molecule has 138 valence electrons. The monoisotopic (exact) mass is 400 g/mol. The van der Waals surface area contributed by atoms with E-state index >= 15 is 0 Å². The van der Waals surface area contributed by atoms with Crippen molar-refractivity contribution in [1.82, 2.24) is 19.5 Å². The molecule has 0 fully saturated rings. The van der Waals surface area contributed by atoms with Gasteiger partial charge < -0.3 is 16.0 Å². The van der Waals surface area contributed by atoms with E-state index in [0.717, 1.165) is 12.1 Å². The number of anilines is 2. The van der Waals surface area contributed by atoms with Crippen molar-refractivity contribution < 1.29 is 13.2 Å². The third-order valence-electron chi connectivity index (χ3n) is 3.73. The Balaban J connectivity index is 1.91. The van der Waals surface area contributed by atoms with Gasteiger partial charge in [-0.2, -0.15) is 13.2 Å². The SMILES string of the molecule is CSc1nc(N)nc(SCc2nc3ccc(C(F)(F)F)cc3n2C)c1N. The number of nitrogens with zero attached hydrogens (tertiary/aromatic N) is 4. The van der Waals surface area contributed by atoms with Crippen LogP contribution < -0.4 is 11.5 Å². The topological polar surface area (TPSA) is 95.6 Å². The zero-order valence-corrected chi connectivity index (χ0v) is 15.5. The highest BCUT2D eigenvalue weighted by Crippen LogP contribution is 2.34. The van der Waals surface area contributed by atoms with Crippen LogP contribution in [0, 0.1) is 0 Å². The van der Waals surface area contributed by atoms with Gasteiger partial charge in [-0.1, -0.05) is 11.8 Å². The number of hydrogen-bond donors (Lipinski definition) is 2. The highest BCUT2D eigenvalue weighted by atomic mass is 32.2. The molecule has 2 aromatic heterocycles. The molecule has 0 aliphatic heterocycles. The summed E-state index contributed by atoms with van der Waals surface area (Å²) in [6, 6.07) is 3.49. The van der Waals surface area contributed by atoms with Gasteiger partial charge in [0.2, 0.25) is 5.95 Å². The Labute approximate surface area is 155 Å². The Kier molecular flexibility index (Phi) is 4.93. The first-order valence-electron chi connectivity index (χ1n) is 7.33. The lowest BCUT2D eigenvalue weighted by molar-refractivity contribution is -0.137. The Hall–Kier alpha value is -2.14. The van der Waals surface area contributed by atoms with Crippen molar-refractivity contribution in [1.29, 1.82) is 0 Å². The number of nitrogen functional groups attached to an aromatic ring is 2. The number of nitrogens with two attached hydrogens (primary N) is 2. The number of fused-ring (bicyclic) bond motifs is 1. The normalized spacial score (nSPS) is 12.0. The zero-order chi connectivity index (χ0) is 19.1. The van der Waals surface area contributed by atoms with Crippen LogP contribution in [0.1, 0.15) is 11.4 Å². The predicted octanol–water partition coefficient (Wildman–Crippen LogP) is 3.56. The molecule has 4 N–H and O–H groups in total. The van der Waals surface area contributed by atoms with E-state index in [-0.39, 0.29) is 5.95 Å². The summed E-state index contributed by atoms with van der Waals surface area (Å²) in [6.07, 6.45) is -2.56. The van der Waals surface area contributed by atoms with Crippen molar-refractivity contribution >= 4 is 46.2 Å².